The number of hydrogen-bond donors (Lipinski definition) is 1. The monoisotopic (exact) mass is 289 g/mol. The highest BCUT2D eigenvalue weighted by Gasteiger charge is 2.08. The van der Waals surface area contributed by atoms with Gasteiger partial charge in [-0.2, -0.15) is 0 Å². The van der Waals surface area contributed by atoms with Gasteiger partial charge in [0, 0.05) is 17.3 Å². The third-order valence-electron chi connectivity index (χ3n) is 2.92. The summed E-state index contributed by atoms with van der Waals surface area (Å²) in [6.07, 6.45) is 2.75. The van der Waals surface area contributed by atoms with Gasteiger partial charge in [0.2, 0.25) is 5.91 Å². The SMILES string of the molecule is CCc1cccc(NC(=O)CN(C)Cc2nccs2)c1. The maximum atomic E-state index is 12.0. The summed E-state index contributed by atoms with van der Waals surface area (Å²) in [6.45, 7) is 3.15. The fourth-order valence-corrected chi connectivity index (χ4v) is 2.63. The molecule has 0 aliphatic carbocycles. The van der Waals surface area contributed by atoms with Gasteiger partial charge in [0.15, 0.2) is 0 Å². The van der Waals surface area contributed by atoms with Crippen molar-refractivity contribution in [3.63, 3.8) is 0 Å². The maximum Gasteiger partial charge on any atom is 0.238 e. The van der Waals surface area contributed by atoms with Crippen LogP contribution in [-0.4, -0.2) is 29.4 Å². The maximum absolute atomic E-state index is 12.0. The van der Waals surface area contributed by atoms with Crippen LogP contribution < -0.4 is 5.32 Å². The molecule has 1 aromatic heterocycles. The first-order valence-corrected chi connectivity index (χ1v) is 7.51. The van der Waals surface area contributed by atoms with Crippen molar-refractivity contribution in [3.8, 4) is 0 Å². The van der Waals surface area contributed by atoms with E-state index in [0.717, 1.165) is 17.1 Å². The Kier molecular flexibility index (Phi) is 5.26. The lowest BCUT2D eigenvalue weighted by atomic mass is 10.1. The second-order valence-corrected chi connectivity index (χ2v) is 5.68. The van der Waals surface area contributed by atoms with Crippen LogP contribution in [0.1, 0.15) is 17.5 Å². The van der Waals surface area contributed by atoms with E-state index in [-0.39, 0.29) is 5.91 Å². The molecule has 2 rings (SSSR count). The topological polar surface area (TPSA) is 45.2 Å². The van der Waals surface area contributed by atoms with Crippen LogP contribution in [0.15, 0.2) is 35.8 Å². The summed E-state index contributed by atoms with van der Waals surface area (Å²) in [5, 5.41) is 5.90. The van der Waals surface area contributed by atoms with Crippen molar-refractivity contribution in [1.82, 2.24) is 9.88 Å². The minimum Gasteiger partial charge on any atom is -0.325 e. The average molecular weight is 289 g/mol. The number of amides is 1. The van der Waals surface area contributed by atoms with Crippen LogP contribution >= 0.6 is 11.3 Å². The highest BCUT2D eigenvalue weighted by molar-refractivity contribution is 7.09. The first-order chi connectivity index (χ1) is 9.67. The van der Waals surface area contributed by atoms with Gasteiger partial charge < -0.3 is 5.32 Å². The first kappa shape index (κ1) is 14.7. The number of aromatic nitrogens is 1. The predicted molar refractivity (Wildman–Crippen MR) is 82.9 cm³/mol. The van der Waals surface area contributed by atoms with E-state index in [9.17, 15) is 4.79 Å². The lowest BCUT2D eigenvalue weighted by molar-refractivity contribution is -0.117. The van der Waals surface area contributed by atoms with Crippen LogP contribution in [0.2, 0.25) is 0 Å². The van der Waals surface area contributed by atoms with Crippen molar-refractivity contribution >= 4 is 22.9 Å². The molecule has 1 amide bonds. The molecule has 5 heteroatoms. The van der Waals surface area contributed by atoms with Gasteiger partial charge in [0.05, 0.1) is 13.1 Å². The molecule has 0 radical (unpaired) electrons. The molecule has 1 aromatic carbocycles. The van der Waals surface area contributed by atoms with E-state index in [1.165, 1.54) is 5.56 Å². The summed E-state index contributed by atoms with van der Waals surface area (Å²) in [6, 6.07) is 7.95. The number of hydrogen-bond acceptors (Lipinski definition) is 4. The Morgan fingerprint density at radius 2 is 2.30 bits per heavy atom. The number of benzene rings is 1. The fraction of sp³-hybridized carbons (Fsp3) is 0.333. The van der Waals surface area contributed by atoms with Crippen LogP contribution in [0.3, 0.4) is 0 Å². The molecule has 2 aromatic rings. The molecule has 1 heterocycles. The molecule has 0 saturated heterocycles. The summed E-state index contributed by atoms with van der Waals surface area (Å²) in [7, 11) is 1.92. The number of rotatable bonds is 6. The van der Waals surface area contributed by atoms with Crippen molar-refractivity contribution in [2.75, 3.05) is 18.9 Å². The Morgan fingerprint density at radius 1 is 1.45 bits per heavy atom. The molecule has 0 unspecified atom stereocenters. The van der Waals surface area contributed by atoms with Crippen LogP contribution in [0.25, 0.3) is 0 Å². The third-order valence-corrected chi connectivity index (χ3v) is 3.69. The molecule has 0 bridgehead atoms. The van der Waals surface area contributed by atoms with Gasteiger partial charge in [0.25, 0.3) is 0 Å². The van der Waals surface area contributed by atoms with Gasteiger partial charge in [-0.3, -0.25) is 9.69 Å². The fourth-order valence-electron chi connectivity index (χ4n) is 1.93. The minimum atomic E-state index is -0.00249. The molecule has 0 aliphatic heterocycles. The van der Waals surface area contributed by atoms with E-state index in [1.54, 1.807) is 17.5 Å². The summed E-state index contributed by atoms with van der Waals surface area (Å²) in [5.41, 5.74) is 2.08. The Bertz CT molecular complexity index is 554. The number of anilines is 1. The van der Waals surface area contributed by atoms with E-state index in [1.807, 2.05) is 35.5 Å². The number of thiazole rings is 1. The molecule has 0 spiro atoms. The lowest BCUT2D eigenvalue weighted by Gasteiger charge is -2.15. The number of carbonyl (C=O) groups is 1. The Balaban J connectivity index is 1.85. The second-order valence-electron chi connectivity index (χ2n) is 4.70. The van der Waals surface area contributed by atoms with Crippen molar-refractivity contribution in [3.05, 3.63) is 46.4 Å². The largest absolute Gasteiger partial charge is 0.325 e. The predicted octanol–water partition coefficient (Wildman–Crippen LogP) is 2.78. The summed E-state index contributed by atoms with van der Waals surface area (Å²) in [5.74, 6) is -0.00249. The van der Waals surface area contributed by atoms with Gasteiger partial charge >= 0.3 is 0 Å². The average Bonchev–Trinajstić information content (AvgIpc) is 2.91. The van der Waals surface area contributed by atoms with Gasteiger partial charge in [-0.25, -0.2) is 4.98 Å². The van der Waals surface area contributed by atoms with Crippen LogP contribution in [0.4, 0.5) is 5.69 Å². The summed E-state index contributed by atoms with van der Waals surface area (Å²) in [4.78, 5) is 18.2. The van der Waals surface area contributed by atoms with Crippen LogP contribution in [0, 0.1) is 0 Å². The summed E-state index contributed by atoms with van der Waals surface area (Å²) < 4.78 is 0. The molecular weight excluding hydrogens is 270 g/mol. The molecule has 0 aliphatic rings. The van der Waals surface area contributed by atoms with Crippen molar-refractivity contribution < 1.29 is 4.79 Å². The lowest BCUT2D eigenvalue weighted by Crippen LogP contribution is -2.29. The Hall–Kier alpha value is -1.72. The molecule has 4 nitrogen and oxygen atoms in total. The molecule has 20 heavy (non-hydrogen) atoms. The zero-order valence-corrected chi connectivity index (χ0v) is 12.6. The Morgan fingerprint density at radius 3 is 3.00 bits per heavy atom. The molecule has 0 saturated carbocycles. The molecule has 106 valence electrons. The van der Waals surface area contributed by atoms with Gasteiger partial charge in [-0.1, -0.05) is 19.1 Å². The highest BCUT2D eigenvalue weighted by atomic mass is 32.1. The van der Waals surface area contributed by atoms with Crippen molar-refractivity contribution in [1.29, 1.82) is 0 Å². The number of nitrogens with zero attached hydrogens (tertiary/aromatic N) is 2. The Labute approximate surface area is 123 Å². The highest BCUT2D eigenvalue weighted by Crippen LogP contribution is 2.11. The zero-order valence-electron chi connectivity index (χ0n) is 11.8. The van der Waals surface area contributed by atoms with Gasteiger partial charge in [0.1, 0.15) is 5.01 Å². The molecule has 1 N–H and O–H groups in total. The quantitative estimate of drug-likeness (QED) is 0.889. The zero-order chi connectivity index (χ0) is 14.4. The van der Waals surface area contributed by atoms with E-state index >= 15 is 0 Å². The third kappa shape index (κ3) is 4.43. The van der Waals surface area contributed by atoms with Gasteiger partial charge in [-0.15, -0.1) is 11.3 Å². The number of carbonyl (C=O) groups excluding carboxylic acids is 1. The molecular formula is C15H19N3OS. The first-order valence-electron chi connectivity index (χ1n) is 6.63. The number of aryl methyl sites for hydroxylation is 1. The van der Waals surface area contributed by atoms with E-state index < -0.39 is 0 Å². The van der Waals surface area contributed by atoms with Crippen molar-refractivity contribution in [2.45, 2.75) is 19.9 Å². The van der Waals surface area contributed by atoms with E-state index in [2.05, 4.69) is 23.3 Å². The van der Waals surface area contributed by atoms with Gasteiger partial charge in [-0.05, 0) is 31.2 Å². The van der Waals surface area contributed by atoms with Crippen molar-refractivity contribution in [2.24, 2.45) is 0 Å². The van der Waals surface area contributed by atoms with Crippen LogP contribution in [-0.2, 0) is 17.8 Å². The standard InChI is InChI=1S/C15H19N3OS/c1-3-12-5-4-6-13(9-12)17-14(19)10-18(2)11-15-16-7-8-20-15/h4-9H,3,10-11H2,1-2H3,(H,17,19). The van der Waals surface area contributed by atoms with Crippen LogP contribution in [0.5, 0.6) is 0 Å². The van der Waals surface area contributed by atoms with E-state index in [4.69, 9.17) is 0 Å². The smallest absolute Gasteiger partial charge is 0.238 e. The summed E-state index contributed by atoms with van der Waals surface area (Å²) >= 11 is 1.60. The second kappa shape index (κ2) is 7.17. The normalized spacial score (nSPS) is 10.8. The molecule has 0 atom stereocenters. The number of nitrogens with one attached hydrogen (secondary N) is 1. The number of likely N-dealkylation sites (N-methyl/N-ethyl adjacent to an activating group) is 1. The minimum absolute atomic E-state index is 0.00249. The van der Waals surface area contributed by atoms with E-state index in [0.29, 0.717) is 13.1 Å². The molecule has 0 fully saturated rings.